The smallest absolute Gasteiger partial charge is 0.208 e. The van der Waals surface area contributed by atoms with E-state index in [1.165, 1.54) is 0 Å². The fourth-order valence-corrected chi connectivity index (χ4v) is 9.73. The number of fused-ring (bicyclic) bond motifs is 7. The summed E-state index contributed by atoms with van der Waals surface area (Å²) in [6, 6.07) is 0. The zero-order valence-corrected chi connectivity index (χ0v) is 20.0. The minimum absolute atomic E-state index is 0.151. The van der Waals surface area contributed by atoms with Gasteiger partial charge in [0.25, 0.3) is 0 Å². The number of alkyl halides is 2. The van der Waals surface area contributed by atoms with Crippen molar-refractivity contribution in [2.75, 3.05) is 39.6 Å². The molecule has 34 heavy (non-hydrogen) atoms. The zero-order valence-electron chi connectivity index (χ0n) is 20.0. The maximum atomic E-state index is 17.2. The van der Waals surface area contributed by atoms with Crippen molar-refractivity contribution in [1.82, 2.24) is 0 Å². The van der Waals surface area contributed by atoms with Crippen LogP contribution in [-0.2, 0) is 28.4 Å². The maximum absolute atomic E-state index is 17.2. The Bertz CT molecular complexity index is 839. The van der Waals surface area contributed by atoms with Crippen molar-refractivity contribution < 1.29 is 42.3 Å². The van der Waals surface area contributed by atoms with Crippen molar-refractivity contribution in [2.45, 2.75) is 81.8 Å². The van der Waals surface area contributed by atoms with Gasteiger partial charge in [0.2, 0.25) is 11.6 Å². The highest BCUT2D eigenvalue weighted by Gasteiger charge is 2.82. The number of ether oxygens (including phenoxy) is 6. The van der Waals surface area contributed by atoms with Gasteiger partial charge in [0, 0.05) is 18.8 Å². The number of aliphatic hydroxyl groups excluding tert-OH is 1. The monoisotopic (exact) mass is 486 g/mol. The normalized spacial score (nSPS) is 54.4. The highest BCUT2D eigenvalue weighted by Crippen LogP contribution is 2.74. The van der Waals surface area contributed by atoms with E-state index in [0.717, 1.165) is 0 Å². The Morgan fingerprint density at radius 2 is 1.38 bits per heavy atom. The first-order valence-corrected chi connectivity index (χ1v) is 13.0. The second-order valence-electron chi connectivity index (χ2n) is 12.1. The van der Waals surface area contributed by atoms with Crippen LogP contribution in [0.4, 0.5) is 8.78 Å². The van der Waals surface area contributed by atoms with Crippen LogP contribution in [-0.4, -0.2) is 80.6 Å². The predicted molar refractivity (Wildman–Crippen MR) is 113 cm³/mol. The fourth-order valence-electron chi connectivity index (χ4n) is 9.73. The molecule has 9 heteroatoms. The largest absolute Gasteiger partial charge is 0.393 e. The lowest BCUT2D eigenvalue weighted by molar-refractivity contribution is -0.382. The topological polar surface area (TPSA) is 75.6 Å². The molecule has 1 N–H and O–H groups in total. The van der Waals surface area contributed by atoms with Crippen LogP contribution >= 0.6 is 0 Å². The van der Waals surface area contributed by atoms with E-state index < -0.39 is 46.6 Å². The predicted octanol–water partition coefficient (Wildman–Crippen LogP) is 2.74. The summed E-state index contributed by atoms with van der Waals surface area (Å²) < 4.78 is 69.3. The van der Waals surface area contributed by atoms with Gasteiger partial charge in [-0.1, -0.05) is 13.8 Å². The molecule has 192 valence electrons. The highest BCUT2D eigenvalue weighted by molar-refractivity contribution is 5.25. The summed E-state index contributed by atoms with van der Waals surface area (Å²) in [6.45, 7) is 6.05. The van der Waals surface area contributed by atoms with Crippen LogP contribution < -0.4 is 0 Å². The average molecular weight is 487 g/mol. The summed E-state index contributed by atoms with van der Waals surface area (Å²) >= 11 is 0. The van der Waals surface area contributed by atoms with Crippen molar-refractivity contribution in [2.24, 2.45) is 34.5 Å². The van der Waals surface area contributed by atoms with E-state index in [1.807, 2.05) is 0 Å². The standard InChI is InChI=1S/C25H36F2O7/c1-21-3-4-23(29-5-6-30-23)13-16(21)17(28)11-14-15-12-18(26)25(33-9-10-34-25)22(15,2)20(27)24(19(14)21)31-7-8-32-24/h14-20,28H,3-13H2,1-2H3/t14?,15?,16?,17-,18+,19?,20?,21-,22+/m0/s1. The molecule has 0 aromatic rings. The third-order valence-electron chi connectivity index (χ3n) is 11.0. The summed E-state index contributed by atoms with van der Waals surface area (Å²) in [5, 5.41) is 11.5. The van der Waals surface area contributed by atoms with Gasteiger partial charge in [0.05, 0.1) is 51.2 Å². The van der Waals surface area contributed by atoms with Gasteiger partial charge in [-0.2, -0.15) is 0 Å². The minimum Gasteiger partial charge on any atom is -0.393 e. The summed E-state index contributed by atoms with van der Waals surface area (Å²) in [5.74, 6) is -4.86. The van der Waals surface area contributed by atoms with E-state index in [2.05, 4.69) is 6.92 Å². The molecule has 4 saturated carbocycles. The number of rotatable bonds is 0. The molecule has 7 aliphatic rings. The molecule has 0 amide bonds. The second-order valence-corrected chi connectivity index (χ2v) is 12.1. The Kier molecular flexibility index (Phi) is 4.76. The number of hydrogen-bond acceptors (Lipinski definition) is 7. The Balaban J connectivity index is 1.35. The molecule has 0 bridgehead atoms. The van der Waals surface area contributed by atoms with Crippen molar-refractivity contribution in [3.8, 4) is 0 Å². The highest BCUT2D eigenvalue weighted by atomic mass is 19.1. The quantitative estimate of drug-likeness (QED) is 0.564. The van der Waals surface area contributed by atoms with Gasteiger partial charge in [0.15, 0.2) is 18.1 Å². The number of aliphatic hydroxyl groups is 1. The molecule has 7 nitrogen and oxygen atoms in total. The molecular formula is C25H36F2O7. The molecule has 3 spiro atoms. The molecule has 7 rings (SSSR count). The van der Waals surface area contributed by atoms with Crippen LogP contribution in [0.3, 0.4) is 0 Å². The molecule has 0 radical (unpaired) electrons. The zero-order chi connectivity index (χ0) is 23.6. The van der Waals surface area contributed by atoms with Gasteiger partial charge in [-0.3, -0.25) is 0 Å². The van der Waals surface area contributed by atoms with Crippen LogP contribution in [0.15, 0.2) is 0 Å². The third-order valence-corrected chi connectivity index (χ3v) is 11.0. The van der Waals surface area contributed by atoms with E-state index in [0.29, 0.717) is 38.9 Å². The van der Waals surface area contributed by atoms with Gasteiger partial charge in [-0.05, 0) is 42.4 Å². The van der Waals surface area contributed by atoms with Gasteiger partial charge < -0.3 is 33.5 Å². The maximum Gasteiger partial charge on any atom is 0.208 e. The second kappa shape index (κ2) is 7.11. The van der Waals surface area contributed by atoms with E-state index in [-0.39, 0.29) is 56.5 Å². The van der Waals surface area contributed by atoms with Gasteiger partial charge >= 0.3 is 0 Å². The lowest BCUT2D eigenvalue weighted by atomic mass is 9.42. The van der Waals surface area contributed by atoms with Crippen molar-refractivity contribution in [1.29, 1.82) is 0 Å². The summed E-state index contributed by atoms with van der Waals surface area (Å²) in [6.07, 6.45) is -1.19. The Morgan fingerprint density at radius 1 is 0.765 bits per heavy atom. The van der Waals surface area contributed by atoms with Gasteiger partial charge in [-0.25, -0.2) is 8.78 Å². The van der Waals surface area contributed by atoms with E-state index in [4.69, 9.17) is 28.4 Å². The summed E-state index contributed by atoms with van der Waals surface area (Å²) in [5.41, 5.74) is -1.76. The summed E-state index contributed by atoms with van der Waals surface area (Å²) in [7, 11) is 0. The van der Waals surface area contributed by atoms with E-state index >= 15 is 8.78 Å². The third kappa shape index (κ3) is 2.46. The molecule has 3 heterocycles. The Morgan fingerprint density at radius 3 is 2.06 bits per heavy atom. The lowest BCUT2D eigenvalue weighted by Gasteiger charge is -2.67. The molecule has 4 aliphatic carbocycles. The minimum atomic E-state index is -1.64. The van der Waals surface area contributed by atoms with Crippen LogP contribution in [0.2, 0.25) is 0 Å². The number of hydrogen-bond donors (Lipinski definition) is 1. The first-order chi connectivity index (χ1) is 16.2. The molecule has 3 saturated heterocycles. The Labute approximate surface area is 198 Å². The fraction of sp³-hybridized carbons (Fsp3) is 1.00. The first-order valence-electron chi connectivity index (χ1n) is 13.0. The number of halogens is 2. The van der Waals surface area contributed by atoms with Crippen LogP contribution in [0.25, 0.3) is 0 Å². The average Bonchev–Trinajstić information content (AvgIpc) is 3.60. The molecule has 3 aliphatic heterocycles. The molecule has 7 fully saturated rings. The Hall–Kier alpha value is -0.420. The molecular weight excluding hydrogens is 450 g/mol. The first kappa shape index (κ1) is 22.8. The summed E-state index contributed by atoms with van der Waals surface area (Å²) in [4.78, 5) is 0. The van der Waals surface area contributed by atoms with Gasteiger partial charge in [0.1, 0.15) is 0 Å². The van der Waals surface area contributed by atoms with Crippen molar-refractivity contribution in [3.05, 3.63) is 0 Å². The van der Waals surface area contributed by atoms with Crippen LogP contribution in [0.1, 0.15) is 46.0 Å². The lowest BCUT2D eigenvalue weighted by Crippen LogP contribution is -2.75. The molecule has 9 atom stereocenters. The molecule has 0 aromatic carbocycles. The van der Waals surface area contributed by atoms with Crippen molar-refractivity contribution >= 4 is 0 Å². The van der Waals surface area contributed by atoms with Crippen LogP contribution in [0.5, 0.6) is 0 Å². The van der Waals surface area contributed by atoms with Gasteiger partial charge in [-0.15, -0.1) is 0 Å². The van der Waals surface area contributed by atoms with E-state index in [9.17, 15) is 5.11 Å². The van der Waals surface area contributed by atoms with E-state index in [1.54, 1.807) is 6.92 Å². The molecule has 5 unspecified atom stereocenters. The molecule has 0 aromatic heterocycles. The SMILES string of the molecule is C[C@]12CCC3(CC1[C@@H](O)CC1C2C2(OCCO2)C(F)[C@@]2(C)C1C[C@@H](F)C21OCCO1)OCCO3. The van der Waals surface area contributed by atoms with Crippen LogP contribution in [0, 0.1) is 34.5 Å². The van der Waals surface area contributed by atoms with Crippen molar-refractivity contribution in [3.63, 3.8) is 0 Å².